The highest BCUT2D eigenvalue weighted by molar-refractivity contribution is 5.81. The van der Waals surface area contributed by atoms with E-state index >= 15 is 0 Å². The number of aliphatic hydroxyl groups is 1. The number of nitriles is 1. The number of carbonyl (C=O) groups is 1. The Labute approximate surface area is 109 Å². The van der Waals surface area contributed by atoms with Gasteiger partial charge in [-0.05, 0) is 34.9 Å². The largest absolute Gasteiger partial charge is 0.392 e. The molecule has 0 bridgehead atoms. The number of hydrogen-bond donors (Lipinski definition) is 1. The molecule has 0 saturated carbocycles. The first kappa shape index (κ1) is 12.9. The zero-order valence-corrected chi connectivity index (χ0v) is 9.93. The zero-order valence-electron chi connectivity index (χ0n) is 9.93. The Kier molecular flexibility index (Phi) is 3.69. The third kappa shape index (κ3) is 2.51. The molecule has 1 N–H and O–H groups in total. The van der Waals surface area contributed by atoms with Gasteiger partial charge >= 0.3 is 0 Å². The zero-order chi connectivity index (χ0) is 13.8. The van der Waals surface area contributed by atoms with E-state index < -0.39 is 5.82 Å². The Morgan fingerprint density at radius 2 is 1.89 bits per heavy atom. The molecule has 2 aromatic carbocycles. The smallest absolute Gasteiger partial charge is 0.150 e. The number of aldehydes is 1. The van der Waals surface area contributed by atoms with Gasteiger partial charge in [0.15, 0.2) is 0 Å². The van der Waals surface area contributed by atoms with Gasteiger partial charge in [0.25, 0.3) is 0 Å². The highest BCUT2D eigenvalue weighted by atomic mass is 19.1. The lowest BCUT2D eigenvalue weighted by Crippen LogP contribution is -1.93. The highest BCUT2D eigenvalue weighted by Gasteiger charge is 2.07. The van der Waals surface area contributed by atoms with Crippen LogP contribution in [0.1, 0.15) is 21.5 Å². The molecule has 0 unspecified atom stereocenters. The van der Waals surface area contributed by atoms with Gasteiger partial charge in [0, 0.05) is 5.56 Å². The molecule has 0 aliphatic carbocycles. The third-order valence-electron chi connectivity index (χ3n) is 2.87. The summed E-state index contributed by atoms with van der Waals surface area (Å²) >= 11 is 0. The molecule has 2 aromatic rings. The van der Waals surface area contributed by atoms with E-state index in [2.05, 4.69) is 0 Å². The molecule has 0 aromatic heterocycles. The van der Waals surface area contributed by atoms with Crippen molar-refractivity contribution in [2.75, 3.05) is 0 Å². The standard InChI is InChI=1S/C15H10FNO2/c16-15-6-11(1-3-12(15)7-17)10-2-4-13(8-18)14(5-10)9-19/h1-6,9,18H,8H2. The van der Waals surface area contributed by atoms with E-state index in [0.717, 1.165) is 0 Å². The second kappa shape index (κ2) is 5.42. The molecule has 0 atom stereocenters. The number of nitrogens with zero attached hydrogens (tertiary/aromatic N) is 1. The Hall–Kier alpha value is -2.51. The molecular formula is C15H10FNO2. The maximum atomic E-state index is 13.5. The van der Waals surface area contributed by atoms with Crippen molar-refractivity contribution in [3.05, 3.63) is 58.9 Å². The molecule has 0 saturated heterocycles. The van der Waals surface area contributed by atoms with Gasteiger partial charge in [0.2, 0.25) is 0 Å². The molecule has 94 valence electrons. The van der Waals surface area contributed by atoms with Crippen LogP contribution in [-0.4, -0.2) is 11.4 Å². The predicted molar refractivity (Wildman–Crippen MR) is 67.9 cm³/mol. The van der Waals surface area contributed by atoms with Gasteiger partial charge in [-0.15, -0.1) is 0 Å². The van der Waals surface area contributed by atoms with E-state index in [-0.39, 0.29) is 12.2 Å². The van der Waals surface area contributed by atoms with E-state index in [9.17, 15) is 9.18 Å². The molecule has 0 heterocycles. The molecule has 0 fully saturated rings. The number of rotatable bonds is 3. The van der Waals surface area contributed by atoms with Crippen LogP contribution in [0.25, 0.3) is 11.1 Å². The summed E-state index contributed by atoms with van der Waals surface area (Å²) in [5.41, 5.74) is 2.09. The van der Waals surface area contributed by atoms with Crippen LogP contribution in [0.4, 0.5) is 4.39 Å². The highest BCUT2D eigenvalue weighted by Crippen LogP contribution is 2.24. The average molecular weight is 255 g/mol. The second-order valence-electron chi connectivity index (χ2n) is 4.00. The quantitative estimate of drug-likeness (QED) is 0.858. The summed E-state index contributed by atoms with van der Waals surface area (Å²) < 4.78 is 13.5. The van der Waals surface area contributed by atoms with E-state index in [4.69, 9.17) is 10.4 Å². The third-order valence-corrected chi connectivity index (χ3v) is 2.87. The summed E-state index contributed by atoms with van der Waals surface area (Å²) in [4.78, 5) is 10.9. The predicted octanol–water partition coefficient (Wildman–Crippen LogP) is 2.67. The fraction of sp³-hybridized carbons (Fsp3) is 0.0667. The summed E-state index contributed by atoms with van der Waals surface area (Å²) in [6.07, 6.45) is 0.648. The minimum Gasteiger partial charge on any atom is -0.392 e. The first-order valence-corrected chi connectivity index (χ1v) is 5.58. The van der Waals surface area contributed by atoms with Crippen LogP contribution in [0.2, 0.25) is 0 Å². The lowest BCUT2D eigenvalue weighted by atomic mass is 9.99. The van der Waals surface area contributed by atoms with Crippen molar-refractivity contribution in [2.45, 2.75) is 6.61 Å². The first-order valence-electron chi connectivity index (χ1n) is 5.58. The topological polar surface area (TPSA) is 61.1 Å². The normalized spacial score (nSPS) is 9.95. The van der Waals surface area contributed by atoms with Crippen molar-refractivity contribution in [3.63, 3.8) is 0 Å². The number of hydrogen-bond acceptors (Lipinski definition) is 3. The molecular weight excluding hydrogens is 245 g/mol. The van der Waals surface area contributed by atoms with Crippen LogP contribution < -0.4 is 0 Å². The van der Waals surface area contributed by atoms with E-state index in [1.54, 1.807) is 30.3 Å². The van der Waals surface area contributed by atoms with E-state index in [1.165, 1.54) is 12.1 Å². The van der Waals surface area contributed by atoms with Crippen molar-refractivity contribution in [2.24, 2.45) is 0 Å². The van der Waals surface area contributed by atoms with Gasteiger partial charge < -0.3 is 5.11 Å². The fourth-order valence-electron chi connectivity index (χ4n) is 1.81. The van der Waals surface area contributed by atoms with Crippen molar-refractivity contribution in [3.8, 4) is 17.2 Å². The van der Waals surface area contributed by atoms with Crippen molar-refractivity contribution in [1.29, 1.82) is 5.26 Å². The maximum Gasteiger partial charge on any atom is 0.150 e. The van der Waals surface area contributed by atoms with Gasteiger partial charge in [0.1, 0.15) is 18.2 Å². The van der Waals surface area contributed by atoms with Gasteiger partial charge in [0.05, 0.1) is 12.2 Å². The van der Waals surface area contributed by atoms with Gasteiger partial charge in [-0.2, -0.15) is 5.26 Å². The number of halogens is 1. The molecule has 2 rings (SSSR count). The van der Waals surface area contributed by atoms with Crippen molar-refractivity contribution >= 4 is 6.29 Å². The van der Waals surface area contributed by atoms with Crippen LogP contribution in [0.5, 0.6) is 0 Å². The molecule has 0 radical (unpaired) electrons. The van der Waals surface area contributed by atoms with Crippen LogP contribution in [-0.2, 0) is 6.61 Å². The first-order chi connectivity index (χ1) is 9.19. The van der Waals surface area contributed by atoms with Crippen LogP contribution in [0, 0.1) is 17.1 Å². The molecule has 19 heavy (non-hydrogen) atoms. The molecule has 0 amide bonds. The SMILES string of the molecule is N#Cc1ccc(-c2ccc(CO)c(C=O)c2)cc1F. The van der Waals surface area contributed by atoms with Crippen molar-refractivity contribution < 1.29 is 14.3 Å². The Balaban J connectivity index is 2.51. The Morgan fingerprint density at radius 3 is 2.47 bits per heavy atom. The summed E-state index contributed by atoms with van der Waals surface area (Å²) in [6, 6.07) is 10.9. The van der Waals surface area contributed by atoms with Crippen LogP contribution >= 0.6 is 0 Å². The van der Waals surface area contributed by atoms with Crippen molar-refractivity contribution in [1.82, 2.24) is 0 Å². The van der Waals surface area contributed by atoms with E-state index in [1.807, 2.05) is 0 Å². The van der Waals surface area contributed by atoms with Gasteiger partial charge in [-0.25, -0.2) is 4.39 Å². The summed E-state index contributed by atoms with van der Waals surface area (Å²) in [5, 5.41) is 17.7. The molecule has 4 heteroatoms. The molecule has 0 spiro atoms. The molecule has 0 aliphatic rings. The maximum absolute atomic E-state index is 13.5. The lowest BCUT2D eigenvalue weighted by molar-refractivity contribution is 0.112. The van der Waals surface area contributed by atoms with Gasteiger partial charge in [-0.1, -0.05) is 18.2 Å². The van der Waals surface area contributed by atoms with Crippen LogP contribution in [0.3, 0.4) is 0 Å². The molecule has 0 aliphatic heterocycles. The lowest BCUT2D eigenvalue weighted by Gasteiger charge is -2.06. The number of benzene rings is 2. The fourth-order valence-corrected chi connectivity index (χ4v) is 1.81. The number of carbonyl (C=O) groups excluding carboxylic acids is 1. The minimum atomic E-state index is -0.598. The summed E-state index contributed by atoms with van der Waals surface area (Å²) in [6.45, 7) is -0.226. The Bertz CT molecular complexity index is 674. The summed E-state index contributed by atoms with van der Waals surface area (Å²) in [7, 11) is 0. The number of aliphatic hydroxyl groups excluding tert-OH is 1. The molecule has 3 nitrogen and oxygen atoms in total. The average Bonchev–Trinajstić information content (AvgIpc) is 2.46. The Morgan fingerprint density at radius 1 is 1.21 bits per heavy atom. The summed E-state index contributed by atoms with van der Waals surface area (Å²) in [5.74, 6) is -0.598. The second-order valence-corrected chi connectivity index (χ2v) is 4.00. The van der Waals surface area contributed by atoms with Crippen LogP contribution in [0.15, 0.2) is 36.4 Å². The minimum absolute atomic E-state index is 0.0219. The van der Waals surface area contributed by atoms with E-state index in [0.29, 0.717) is 28.5 Å². The van der Waals surface area contributed by atoms with Gasteiger partial charge in [-0.3, -0.25) is 4.79 Å². The monoisotopic (exact) mass is 255 g/mol.